The summed E-state index contributed by atoms with van der Waals surface area (Å²) in [4.78, 5) is 25.2. The van der Waals surface area contributed by atoms with E-state index in [2.05, 4.69) is 0 Å². The van der Waals surface area contributed by atoms with Crippen LogP contribution in [0.4, 0.5) is 0 Å². The van der Waals surface area contributed by atoms with Crippen molar-refractivity contribution in [3.8, 4) is 0 Å². The maximum atomic E-state index is 12.6. The first-order valence-corrected chi connectivity index (χ1v) is 7.21. The quantitative estimate of drug-likeness (QED) is 0.887. The van der Waals surface area contributed by atoms with Crippen molar-refractivity contribution in [1.29, 1.82) is 0 Å². The van der Waals surface area contributed by atoms with E-state index in [1.54, 1.807) is 4.90 Å². The molecule has 0 fully saturated rings. The smallest absolute Gasteiger partial charge is 0.371 e. The number of rotatable bonds is 6. The van der Waals surface area contributed by atoms with Crippen LogP contribution in [0.3, 0.4) is 0 Å². The van der Waals surface area contributed by atoms with Crippen LogP contribution in [-0.2, 0) is 6.54 Å². The molecule has 0 aliphatic rings. The molecule has 116 valence electrons. The van der Waals surface area contributed by atoms with Gasteiger partial charge in [-0.2, -0.15) is 0 Å². The van der Waals surface area contributed by atoms with E-state index in [4.69, 9.17) is 9.52 Å². The number of carboxylic acids is 1. The Bertz CT molecular complexity index is 648. The number of carbonyl (C=O) groups excluding carboxylic acids is 1. The fourth-order valence-corrected chi connectivity index (χ4v) is 2.14. The number of carbonyl (C=O) groups is 2. The molecular formula is C17H19NO4. The summed E-state index contributed by atoms with van der Waals surface area (Å²) < 4.78 is 5.13. The zero-order valence-electron chi connectivity index (χ0n) is 12.7. The molecule has 2 aromatic rings. The third-order valence-corrected chi connectivity index (χ3v) is 3.61. The monoisotopic (exact) mass is 301 g/mol. The Morgan fingerprint density at radius 2 is 1.77 bits per heavy atom. The minimum absolute atomic E-state index is 0.0195. The molecule has 1 amide bonds. The van der Waals surface area contributed by atoms with Crippen LogP contribution in [0.15, 0.2) is 46.9 Å². The highest BCUT2D eigenvalue weighted by molar-refractivity contribution is 5.93. The number of furan rings is 1. The second kappa shape index (κ2) is 6.93. The Balaban J connectivity index is 2.24. The van der Waals surface area contributed by atoms with Crippen LogP contribution in [0.25, 0.3) is 0 Å². The summed E-state index contributed by atoms with van der Waals surface area (Å²) in [5, 5.41) is 8.89. The SMILES string of the molecule is CCC(C)N(Cc1ccccc1)C(=O)c1ccc(C(=O)O)o1. The highest BCUT2D eigenvalue weighted by Crippen LogP contribution is 2.17. The maximum Gasteiger partial charge on any atom is 0.371 e. The van der Waals surface area contributed by atoms with E-state index in [0.29, 0.717) is 6.54 Å². The second-order valence-electron chi connectivity index (χ2n) is 5.14. The van der Waals surface area contributed by atoms with Crippen molar-refractivity contribution < 1.29 is 19.1 Å². The summed E-state index contributed by atoms with van der Waals surface area (Å²) in [7, 11) is 0. The molecule has 1 aromatic heterocycles. The number of benzene rings is 1. The molecule has 1 unspecified atom stereocenters. The van der Waals surface area contributed by atoms with Crippen molar-refractivity contribution >= 4 is 11.9 Å². The van der Waals surface area contributed by atoms with E-state index >= 15 is 0 Å². The number of aromatic carboxylic acids is 1. The van der Waals surface area contributed by atoms with Gasteiger partial charge in [0.25, 0.3) is 5.91 Å². The fraction of sp³-hybridized carbons (Fsp3) is 0.294. The van der Waals surface area contributed by atoms with Gasteiger partial charge in [0.15, 0.2) is 5.76 Å². The summed E-state index contributed by atoms with van der Waals surface area (Å²) in [6.07, 6.45) is 0.797. The molecule has 0 spiro atoms. The molecule has 0 aliphatic carbocycles. The van der Waals surface area contributed by atoms with Crippen molar-refractivity contribution in [1.82, 2.24) is 4.90 Å². The van der Waals surface area contributed by atoms with E-state index in [-0.39, 0.29) is 23.5 Å². The zero-order chi connectivity index (χ0) is 16.1. The van der Waals surface area contributed by atoms with Crippen LogP contribution in [-0.4, -0.2) is 27.9 Å². The molecule has 1 aromatic carbocycles. The number of nitrogens with zero attached hydrogens (tertiary/aromatic N) is 1. The molecule has 1 atom stereocenters. The van der Waals surface area contributed by atoms with Gasteiger partial charge in [-0.15, -0.1) is 0 Å². The Kier molecular flexibility index (Phi) is 4.99. The highest BCUT2D eigenvalue weighted by atomic mass is 16.4. The maximum absolute atomic E-state index is 12.6. The zero-order valence-corrected chi connectivity index (χ0v) is 12.7. The van der Waals surface area contributed by atoms with Gasteiger partial charge in [-0.1, -0.05) is 37.3 Å². The Hall–Kier alpha value is -2.56. The standard InChI is InChI=1S/C17H19NO4/c1-3-12(2)18(11-13-7-5-4-6-8-13)16(19)14-9-10-15(22-14)17(20)21/h4-10,12H,3,11H2,1-2H3,(H,20,21). The van der Waals surface area contributed by atoms with Gasteiger partial charge in [0.1, 0.15) is 0 Å². The van der Waals surface area contributed by atoms with Crippen LogP contribution in [0, 0.1) is 0 Å². The molecule has 0 bridgehead atoms. The Labute approximate surface area is 129 Å². The van der Waals surface area contributed by atoms with E-state index in [9.17, 15) is 9.59 Å². The van der Waals surface area contributed by atoms with E-state index in [1.165, 1.54) is 12.1 Å². The summed E-state index contributed by atoms with van der Waals surface area (Å²) in [5.74, 6) is -1.66. The van der Waals surface area contributed by atoms with Gasteiger partial charge < -0.3 is 14.4 Å². The van der Waals surface area contributed by atoms with Gasteiger partial charge in [0.2, 0.25) is 5.76 Å². The van der Waals surface area contributed by atoms with Crippen LogP contribution in [0.1, 0.15) is 46.9 Å². The summed E-state index contributed by atoms with van der Waals surface area (Å²) in [5.41, 5.74) is 1.01. The van der Waals surface area contributed by atoms with Gasteiger partial charge in [0.05, 0.1) is 0 Å². The lowest BCUT2D eigenvalue weighted by atomic mass is 10.1. The lowest BCUT2D eigenvalue weighted by Gasteiger charge is -2.28. The predicted octanol–water partition coefficient (Wildman–Crippen LogP) is 3.42. The molecule has 0 saturated heterocycles. The van der Waals surface area contributed by atoms with Crippen molar-refractivity contribution in [3.05, 3.63) is 59.5 Å². The van der Waals surface area contributed by atoms with Crippen molar-refractivity contribution in [3.63, 3.8) is 0 Å². The second-order valence-corrected chi connectivity index (χ2v) is 5.14. The minimum Gasteiger partial charge on any atom is -0.475 e. The largest absolute Gasteiger partial charge is 0.475 e. The summed E-state index contributed by atoms with van der Waals surface area (Å²) >= 11 is 0. The molecule has 0 aliphatic heterocycles. The van der Waals surface area contributed by atoms with Gasteiger partial charge in [0, 0.05) is 12.6 Å². The molecule has 0 radical (unpaired) electrons. The van der Waals surface area contributed by atoms with Crippen LogP contribution in [0.5, 0.6) is 0 Å². The fourth-order valence-electron chi connectivity index (χ4n) is 2.14. The Morgan fingerprint density at radius 3 is 2.32 bits per heavy atom. The molecule has 22 heavy (non-hydrogen) atoms. The van der Waals surface area contributed by atoms with Gasteiger partial charge in [-0.05, 0) is 31.0 Å². The lowest BCUT2D eigenvalue weighted by molar-refractivity contribution is 0.0617. The molecule has 1 heterocycles. The highest BCUT2D eigenvalue weighted by Gasteiger charge is 2.24. The molecule has 5 nitrogen and oxygen atoms in total. The van der Waals surface area contributed by atoms with E-state index < -0.39 is 5.97 Å². The van der Waals surface area contributed by atoms with Crippen LogP contribution < -0.4 is 0 Å². The first-order valence-electron chi connectivity index (χ1n) is 7.21. The summed E-state index contributed by atoms with van der Waals surface area (Å²) in [6.45, 7) is 4.42. The Morgan fingerprint density at radius 1 is 1.14 bits per heavy atom. The van der Waals surface area contributed by atoms with Crippen LogP contribution >= 0.6 is 0 Å². The molecule has 1 N–H and O–H groups in total. The van der Waals surface area contributed by atoms with Crippen molar-refractivity contribution in [2.45, 2.75) is 32.9 Å². The van der Waals surface area contributed by atoms with Crippen molar-refractivity contribution in [2.75, 3.05) is 0 Å². The molecular weight excluding hydrogens is 282 g/mol. The van der Waals surface area contributed by atoms with Crippen molar-refractivity contribution in [2.24, 2.45) is 0 Å². The van der Waals surface area contributed by atoms with Gasteiger partial charge in [-0.3, -0.25) is 4.79 Å². The van der Waals surface area contributed by atoms with Gasteiger partial charge in [-0.25, -0.2) is 4.79 Å². The first kappa shape index (κ1) is 15.8. The average Bonchev–Trinajstić information content (AvgIpc) is 3.02. The van der Waals surface area contributed by atoms with Gasteiger partial charge >= 0.3 is 5.97 Å². The topological polar surface area (TPSA) is 70.8 Å². The van der Waals surface area contributed by atoms with E-state index in [0.717, 1.165) is 12.0 Å². The lowest BCUT2D eigenvalue weighted by Crippen LogP contribution is -2.37. The number of amides is 1. The average molecular weight is 301 g/mol. The van der Waals surface area contributed by atoms with Crippen LogP contribution in [0.2, 0.25) is 0 Å². The molecule has 0 saturated carbocycles. The minimum atomic E-state index is -1.18. The normalized spacial score (nSPS) is 11.9. The van der Waals surface area contributed by atoms with E-state index in [1.807, 2.05) is 44.2 Å². The number of hydrogen-bond acceptors (Lipinski definition) is 3. The third-order valence-electron chi connectivity index (χ3n) is 3.61. The first-order chi connectivity index (χ1) is 10.5. The molecule has 2 rings (SSSR count). The third kappa shape index (κ3) is 3.55. The predicted molar refractivity (Wildman–Crippen MR) is 81.7 cm³/mol. The number of hydrogen-bond donors (Lipinski definition) is 1. The number of carboxylic acid groups (broad SMARTS) is 1. The summed E-state index contributed by atoms with van der Waals surface area (Å²) in [6, 6.07) is 12.4. The molecule has 5 heteroatoms.